The highest BCUT2D eigenvalue weighted by Gasteiger charge is 2.68. The minimum Gasteiger partial charge on any atom is -0.444 e. The quantitative estimate of drug-likeness (QED) is 0.265. The van der Waals surface area contributed by atoms with Crippen molar-refractivity contribution >= 4 is 35.1 Å². The molecular weight excluding hydrogens is 548 g/mol. The summed E-state index contributed by atoms with van der Waals surface area (Å²) in [5, 5.41) is 2.77. The van der Waals surface area contributed by atoms with E-state index in [0.29, 0.717) is 34.0 Å². The van der Waals surface area contributed by atoms with E-state index < -0.39 is 17.7 Å². The van der Waals surface area contributed by atoms with Crippen LogP contribution in [0.25, 0.3) is 16.8 Å². The molecule has 0 radical (unpaired) electrons. The number of benzene rings is 1. The second-order valence-electron chi connectivity index (χ2n) is 11.6. The minimum absolute atomic E-state index is 0.240. The Morgan fingerprint density at radius 2 is 1.77 bits per heavy atom. The van der Waals surface area contributed by atoms with Crippen molar-refractivity contribution in [3.05, 3.63) is 85.1 Å². The van der Waals surface area contributed by atoms with Crippen molar-refractivity contribution in [2.75, 3.05) is 11.1 Å². The number of hydrogen-bond acceptors (Lipinski definition) is 8. The number of carbonyl (C=O) groups is 3. The second kappa shape index (κ2) is 10.2. The van der Waals surface area contributed by atoms with Crippen molar-refractivity contribution in [2.45, 2.75) is 57.5 Å². The molecule has 0 bridgehead atoms. The van der Waals surface area contributed by atoms with Gasteiger partial charge in [-0.05, 0) is 58.0 Å². The first kappa shape index (κ1) is 27.9. The molecule has 3 N–H and O–H groups in total. The van der Waals surface area contributed by atoms with E-state index in [1.54, 1.807) is 70.9 Å². The van der Waals surface area contributed by atoms with Gasteiger partial charge < -0.3 is 20.7 Å². The number of pyridine rings is 1. The van der Waals surface area contributed by atoms with Crippen molar-refractivity contribution in [3.63, 3.8) is 0 Å². The SMILES string of the molecule is C=CC(=O)N1C(c2nc(-c3ccc(C(=O)Nc4ccccn4)cc3)c3c(N)nccn23)[C@@H]2C([C@@H]1C)N2C(=O)OC(C)(C)C. The molecule has 2 aliphatic heterocycles. The Bertz CT molecular complexity index is 1750. The number of amides is 3. The number of carbonyl (C=O) groups excluding carboxylic acids is 3. The third-order valence-corrected chi connectivity index (χ3v) is 7.69. The number of aromatic nitrogens is 4. The number of likely N-dealkylation sites (tertiary alicyclic amines) is 1. The van der Waals surface area contributed by atoms with Crippen molar-refractivity contribution in [3.8, 4) is 11.3 Å². The van der Waals surface area contributed by atoms with Gasteiger partial charge in [-0.1, -0.05) is 24.8 Å². The Morgan fingerprint density at radius 3 is 2.42 bits per heavy atom. The van der Waals surface area contributed by atoms with Crippen LogP contribution in [0.15, 0.2) is 73.7 Å². The molecule has 12 heteroatoms. The molecule has 6 rings (SSSR count). The van der Waals surface area contributed by atoms with Gasteiger partial charge in [0.15, 0.2) is 0 Å². The van der Waals surface area contributed by atoms with E-state index in [1.807, 2.05) is 32.1 Å². The molecule has 2 unspecified atom stereocenters. The van der Waals surface area contributed by atoms with E-state index >= 15 is 0 Å². The average molecular weight is 581 g/mol. The number of nitrogens with one attached hydrogen (secondary N) is 1. The van der Waals surface area contributed by atoms with Gasteiger partial charge in [0, 0.05) is 29.7 Å². The number of anilines is 2. The van der Waals surface area contributed by atoms with Crippen LogP contribution in [0.5, 0.6) is 0 Å². The summed E-state index contributed by atoms with van der Waals surface area (Å²) in [5.41, 5.74) is 7.93. The average Bonchev–Trinajstić information content (AvgIpc) is 3.49. The molecule has 3 amide bonds. The number of hydrogen-bond donors (Lipinski definition) is 2. The minimum atomic E-state index is -0.669. The summed E-state index contributed by atoms with van der Waals surface area (Å²) in [6.45, 7) is 11.1. The van der Waals surface area contributed by atoms with Crippen molar-refractivity contribution in [2.24, 2.45) is 0 Å². The van der Waals surface area contributed by atoms with Crippen molar-refractivity contribution in [1.29, 1.82) is 0 Å². The summed E-state index contributed by atoms with van der Waals surface area (Å²) in [6, 6.07) is 10.7. The van der Waals surface area contributed by atoms with Crippen LogP contribution in [0.4, 0.5) is 16.4 Å². The first-order chi connectivity index (χ1) is 20.5. The van der Waals surface area contributed by atoms with Gasteiger partial charge in [-0.2, -0.15) is 0 Å². The normalized spacial score (nSPS) is 20.9. The lowest BCUT2D eigenvalue weighted by molar-refractivity contribution is -0.130. The Morgan fingerprint density at radius 1 is 1.02 bits per heavy atom. The smallest absolute Gasteiger partial charge is 0.411 e. The summed E-state index contributed by atoms with van der Waals surface area (Å²) >= 11 is 0. The fraction of sp³-hybridized carbons (Fsp3) is 0.290. The Kier molecular flexibility index (Phi) is 6.63. The van der Waals surface area contributed by atoms with Gasteiger partial charge in [-0.15, -0.1) is 0 Å². The summed E-state index contributed by atoms with van der Waals surface area (Å²) in [5.74, 6) is 0.650. The fourth-order valence-electron chi connectivity index (χ4n) is 5.89. The topological polar surface area (TPSA) is 148 Å². The standard InChI is InChI=1S/C31H32N8O4/c1-6-21(40)38-17(2)23-25(39(23)30(42)43-31(3,4)5)26(38)28-36-22(24-27(32)34-15-16-37(24)28)18-10-12-19(13-11-18)29(41)35-20-9-7-8-14-33-20/h6-17,23,25-26H,1H2,2-5H3,(H2,32,34)(H,33,35,41)/t17-,23?,25-,26?,39?/m0/s1. The second-order valence-corrected chi connectivity index (χ2v) is 11.6. The van der Waals surface area contributed by atoms with Crippen LogP contribution in [0, 0.1) is 0 Å². The first-order valence-electron chi connectivity index (χ1n) is 13.9. The Labute approximate surface area is 248 Å². The molecule has 220 valence electrons. The lowest BCUT2D eigenvalue weighted by atomic mass is 10.1. The monoisotopic (exact) mass is 580 g/mol. The van der Waals surface area contributed by atoms with Gasteiger partial charge in [-0.25, -0.2) is 19.7 Å². The third kappa shape index (κ3) is 4.84. The Balaban J connectivity index is 1.39. The van der Waals surface area contributed by atoms with Gasteiger partial charge in [0.25, 0.3) is 5.91 Å². The molecule has 4 atom stereocenters. The van der Waals surface area contributed by atoms with Gasteiger partial charge in [0.05, 0.1) is 18.1 Å². The predicted molar refractivity (Wildman–Crippen MR) is 160 cm³/mol. The number of nitrogen functional groups attached to an aromatic ring is 1. The largest absolute Gasteiger partial charge is 0.444 e. The van der Waals surface area contributed by atoms with Crippen LogP contribution >= 0.6 is 0 Å². The maximum absolute atomic E-state index is 13.1. The first-order valence-corrected chi connectivity index (χ1v) is 13.9. The highest BCUT2D eigenvalue weighted by Crippen LogP contribution is 2.53. The number of ether oxygens (including phenoxy) is 1. The van der Waals surface area contributed by atoms with E-state index in [2.05, 4.69) is 21.9 Å². The van der Waals surface area contributed by atoms with Crippen LogP contribution in [0.1, 0.15) is 49.9 Å². The molecule has 0 aliphatic carbocycles. The third-order valence-electron chi connectivity index (χ3n) is 7.69. The van der Waals surface area contributed by atoms with E-state index in [4.69, 9.17) is 15.5 Å². The zero-order chi connectivity index (χ0) is 30.6. The molecule has 5 heterocycles. The molecule has 2 fully saturated rings. The lowest BCUT2D eigenvalue weighted by Crippen LogP contribution is -2.44. The van der Waals surface area contributed by atoms with Crippen LogP contribution in [-0.4, -0.2) is 70.8 Å². The lowest BCUT2D eigenvalue weighted by Gasteiger charge is -2.32. The maximum atomic E-state index is 13.1. The van der Waals surface area contributed by atoms with Gasteiger partial charge in [0.1, 0.15) is 40.3 Å². The number of fused-ring (bicyclic) bond motifs is 2. The molecule has 0 saturated carbocycles. The van der Waals surface area contributed by atoms with Crippen LogP contribution in [-0.2, 0) is 9.53 Å². The summed E-state index contributed by atoms with van der Waals surface area (Å²) in [4.78, 5) is 55.9. The number of nitrogens with two attached hydrogens (primary N) is 1. The predicted octanol–water partition coefficient (Wildman–Crippen LogP) is 4.07. The van der Waals surface area contributed by atoms with E-state index in [1.165, 1.54) is 6.08 Å². The zero-order valence-electron chi connectivity index (χ0n) is 24.3. The van der Waals surface area contributed by atoms with Crippen LogP contribution in [0.3, 0.4) is 0 Å². The highest BCUT2D eigenvalue weighted by molar-refractivity contribution is 6.04. The number of piperazine rings is 1. The molecule has 2 aliphatic rings. The Hall–Kier alpha value is -5.26. The highest BCUT2D eigenvalue weighted by atomic mass is 16.6. The molecule has 12 nitrogen and oxygen atoms in total. The van der Waals surface area contributed by atoms with Crippen LogP contribution in [0.2, 0.25) is 0 Å². The summed E-state index contributed by atoms with van der Waals surface area (Å²) in [6.07, 6.45) is 5.74. The van der Waals surface area contributed by atoms with Crippen molar-refractivity contribution < 1.29 is 19.1 Å². The van der Waals surface area contributed by atoms with Gasteiger partial charge in [0.2, 0.25) is 5.91 Å². The van der Waals surface area contributed by atoms with E-state index in [9.17, 15) is 14.4 Å². The molecule has 43 heavy (non-hydrogen) atoms. The fourth-order valence-corrected chi connectivity index (χ4v) is 5.89. The van der Waals surface area contributed by atoms with Crippen LogP contribution < -0.4 is 11.1 Å². The number of imidazole rings is 1. The van der Waals surface area contributed by atoms with Crippen molar-refractivity contribution in [1.82, 2.24) is 29.2 Å². The maximum Gasteiger partial charge on any atom is 0.411 e. The number of nitrogens with zero attached hydrogens (tertiary/aromatic N) is 6. The van der Waals surface area contributed by atoms with Gasteiger partial charge in [-0.3, -0.25) is 18.9 Å². The molecule has 0 spiro atoms. The molecular formula is C31H32N8O4. The van der Waals surface area contributed by atoms with E-state index in [0.717, 1.165) is 0 Å². The summed E-state index contributed by atoms with van der Waals surface area (Å²) in [7, 11) is 0. The molecule has 4 aromatic rings. The van der Waals surface area contributed by atoms with Gasteiger partial charge >= 0.3 is 6.09 Å². The zero-order valence-corrected chi connectivity index (χ0v) is 24.3. The molecule has 2 saturated heterocycles. The van der Waals surface area contributed by atoms with E-state index in [-0.39, 0.29) is 35.8 Å². The molecule has 1 aromatic carbocycles. The number of rotatable bonds is 5. The summed E-state index contributed by atoms with van der Waals surface area (Å²) < 4.78 is 7.48. The molecule has 3 aromatic heterocycles.